The van der Waals surface area contributed by atoms with E-state index in [1.807, 2.05) is 19.1 Å². The van der Waals surface area contributed by atoms with E-state index in [9.17, 15) is 10.2 Å². The number of phenolic OH excluding ortho intramolecular Hbond substituents is 2. The molecule has 0 saturated carbocycles. The molecule has 0 bridgehead atoms. The van der Waals surface area contributed by atoms with E-state index < -0.39 is 0 Å². The first kappa shape index (κ1) is 12.6. The molecule has 4 heteroatoms. The molecule has 0 heterocycles. The normalized spacial score (nSPS) is 12.1. The lowest BCUT2D eigenvalue weighted by Gasteiger charge is -2.17. The molecule has 18 heavy (non-hydrogen) atoms. The zero-order valence-corrected chi connectivity index (χ0v) is 10.6. The molecule has 0 spiro atoms. The van der Waals surface area contributed by atoms with Crippen molar-refractivity contribution >= 4 is 17.3 Å². The number of halogens is 1. The molecule has 0 aromatic heterocycles. The molecule has 94 valence electrons. The first-order valence-corrected chi connectivity index (χ1v) is 5.98. The van der Waals surface area contributed by atoms with Gasteiger partial charge in [-0.15, -0.1) is 0 Å². The molecule has 1 atom stereocenters. The average Bonchev–Trinajstić information content (AvgIpc) is 2.32. The molecule has 3 nitrogen and oxygen atoms in total. The summed E-state index contributed by atoms with van der Waals surface area (Å²) in [6, 6.07) is 11.7. The molecule has 1 unspecified atom stereocenters. The van der Waals surface area contributed by atoms with Crippen molar-refractivity contribution in [3.05, 3.63) is 53.1 Å². The SMILES string of the molecule is CC(Nc1cccc(Cl)c1)c1cc(O)ccc1O. The van der Waals surface area contributed by atoms with Crippen LogP contribution < -0.4 is 5.32 Å². The predicted octanol–water partition coefficient (Wildman–Crippen LogP) is 3.92. The van der Waals surface area contributed by atoms with E-state index in [0.29, 0.717) is 10.6 Å². The largest absolute Gasteiger partial charge is 0.508 e. The van der Waals surface area contributed by atoms with Crippen molar-refractivity contribution in [3.63, 3.8) is 0 Å². The molecule has 2 rings (SSSR count). The number of anilines is 1. The maximum Gasteiger partial charge on any atom is 0.121 e. The van der Waals surface area contributed by atoms with Gasteiger partial charge in [-0.2, -0.15) is 0 Å². The number of hydrogen-bond acceptors (Lipinski definition) is 3. The van der Waals surface area contributed by atoms with Crippen molar-refractivity contribution in [1.29, 1.82) is 0 Å². The molecule has 2 aromatic rings. The highest BCUT2D eigenvalue weighted by Crippen LogP contribution is 2.30. The Labute approximate surface area is 111 Å². The summed E-state index contributed by atoms with van der Waals surface area (Å²) in [7, 11) is 0. The van der Waals surface area contributed by atoms with Crippen LogP contribution in [0.15, 0.2) is 42.5 Å². The molecular weight excluding hydrogens is 250 g/mol. The minimum Gasteiger partial charge on any atom is -0.508 e. The number of hydrogen-bond donors (Lipinski definition) is 3. The molecule has 0 fully saturated rings. The van der Waals surface area contributed by atoms with Gasteiger partial charge < -0.3 is 15.5 Å². The van der Waals surface area contributed by atoms with E-state index in [4.69, 9.17) is 11.6 Å². The van der Waals surface area contributed by atoms with Crippen LogP contribution in [0.25, 0.3) is 0 Å². The topological polar surface area (TPSA) is 52.5 Å². The number of rotatable bonds is 3. The summed E-state index contributed by atoms with van der Waals surface area (Å²) in [5, 5.41) is 23.1. The Morgan fingerprint density at radius 2 is 1.89 bits per heavy atom. The van der Waals surface area contributed by atoms with Gasteiger partial charge in [-0.1, -0.05) is 17.7 Å². The van der Waals surface area contributed by atoms with Gasteiger partial charge in [0, 0.05) is 16.3 Å². The van der Waals surface area contributed by atoms with Crippen LogP contribution in [0.4, 0.5) is 5.69 Å². The first-order chi connectivity index (χ1) is 8.56. The van der Waals surface area contributed by atoms with Crippen molar-refractivity contribution in [2.75, 3.05) is 5.32 Å². The van der Waals surface area contributed by atoms with Crippen LogP contribution in [0.2, 0.25) is 5.02 Å². The molecular formula is C14H14ClNO2. The Morgan fingerprint density at radius 1 is 1.11 bits per heavy atom. The fourth-order valence-electron chi connectivity index (χ4n) is 1.79. The van der Waals surface area contributed by atoms with E-state index in [0.717, 1.165) is 5.69 Å². The van der Waals surface area contributed by atoms with Crippen molar-refractivity contribution in [3.8, 4) is 11.5 Å². The van der Waals surface area contributed by atoms with E-state index in [2.05, 4.69) is 5.32 Å². The number of nitrogens with one attached hydrogen (secondary N) is 1. The van der Waals surface area contributed by atoms with Crippen LogP contribution in [-0.4, -0.2) is 10.2 Å². The maximum absolute atomic E-state index is 9.76. The van der Waals surface area contributed by atoms with Gasteiger partial charge >= 0.3 is 0 Å². The third-order valence-corrected chi connectivity index (χ3v) is 2.92. The van der Waals surface area contributed by atoms with Gasteiger partial charge in [0.25, 0.3) is 0 Å². The first-order valence-electron chi connectivity index (χ1n) is 5.60. The van der Waals surface area contributed by atoms with Crippen molar-refractivity contribution in [1.82, 2.24) is 0 Å². The quantitative estimate of drug-likeness (QED) is 0.736. The predicted molar refractivity (Wildman–Crippen MR) is 73.3 cm³/mol. The molecule has 3 N–H and O–H groups in total. The summed E-state index contributed by atoms with van der Waals surface area (Å²) < 4.78 is 0. The van der Waals surface area contributed by atoms with Gasteiger partial charge in [-0.3, -0.25) is 0 Å². The van der Waals surface area contributed by atoms with Gasteiger partial charge in [0.15, 0.2) is 0 Å². The number of benzene rings is 2. The lowest BCUT2D eigenvalue weighted by Crippen LogP contribution is -2.06. The molecule has 0 aliphatic heterocycles. The zero-order valence-electron chi connectivity index (χ0n) is 9.89. The van der Waals surface area contributed by atoms with Crippen LogP contribution in [0, 0.1) is 0 Å². The fourth-order valence-corrected chi connectivity index (χ4v) is 1.99. The van der Waals surface area contributed by atoms with Crippen LogP contribution in [0.1, 0.15) is 18.5 Å². The van der Waals surface area contributed by atoms with Gasteiger partial charge in [-0.05, 0) is 43.3 Å². The average molecular weight is 264 g/mol. The zero-order chi connectivity index (χ0) is 13.1. The third kappa shape index (κ3) is 2.87. The van der Waals surface area contributed by atoms with E-state index in [1.165, 1.54) is 18.2 Å². The van der Waals surface area contributed by atoms with Gasteiger partial charge in [-0.25, -0.2) is 0 Å². The molecule has 0 saturated heterocycles. The van der Waals surface area contributed by atoms with Gasteiger partial charge in [0.2, 0.25) is 0 Å². The molecule has 0 aliphatic carbocycles. The van der Waals surface area contributed by atoms with Crippen molar-refractivity contribution in [2.24, 2.45) is 0 Å². The third-order valence-electron chi connectivity index (χ3n) is 2.69. The number of phenols is 2. The maximum atomic E-state index is 9.76. The fraction of sp³-hybridized carbons (Fsp3) is 0.143. The lowest BCUT2D eigenvalue weighted by molar-refractivity contribution is 0.451. The van der Waals surface area contributed by atoms with E-state index in [1.54, 1.807) is 12.1 Å². The second-order valence-corrected chi connectivity index (χ2v) is 4.56. The highest BCUT2D eigenvalue weighted by atomic mass is 35.5. The second kappa shape index (κ2) is 5.19. The smallest absolute Gasteiger partial charge is 0.121 e. The number of aromatic hydroxyl groups is 2. The van der Waals surface area contributed by atoms with Crippen molar-refractivity contribution < 1.29 is 10.2 Å². The minimum absolute atomic E-state index is 0.127. The van der Waals surface area contributed by atoms with Gasteiger partial charge in [0.05, 0.1) is 6.04 Å². The Morgan fingerprint density at radius 3 is 2.61 bits per heavy atom. The molecule has 2 aromatic carbocycles. The monoisotopic (exact) mass is 263 g/mol. The highest BCUT2D eigenvalue weighted by Gasteiger charge is 2.11. The van der Waals surface area contributed by atoms with Crippen LogP contribution >= 0.6 is 11.6 Å². The van der Waals surface area contributed by atoms with Crippen LogP contribution in [0.3, 0.4) is 0 Å². The minimum atomic E-state index is -0.143. The summed E-state index contributed by atoms with van der Waals surface area (Å²) in [6.07, 6.45) is 0. The molecule has 0 aliphatic rings. The molecule has 0 radical (unpaired) electrons. The standard InChI is InChI=1S/C14H14ClNO2/c1-9(13-8-12(17)5-6-14(13)18)16-11-4-2-3-10(15)7-11/h2-9,16-18H,1H3. The molecule has 0 amide bonds. The highest BCUT2D eigenvalue weighted by molar-refractivity contribution is 6.30. The van der Waals surface area contributed by atoms with Gasteiger partial charge in [0.1, 0.15) is 11.5 Å². The Kier molecular flexibility index (Phi) is 3.63. The Balaban J connectivity index is 2.21. The van der Waals surface area contributed by atoms with E-state index in [-0.39, 0.29) is 17.5 Å². The van der Waals surface area contributed by atoms with E-state index >= 15 is 0 Å². The summed E-state index contributed by atoms with van der Waals surface area (Å²) >= 11 is 5.90. The van der Waals surface area contributed by atoms with Crippen LogP contribution in [-0.2, 0) is 0 Å². The summed E-state index contributed by atoms with van der Waals surface area (Å²) in [5.74, 6) is 0.275. The summed E-state index contributed by atoms with van der Waals surface area (Å²) in [4.78, 5) is 0. The van der Waals surface area contributed by atoms with Crippen molar-refractivity contribution in [2.45, 2.75) is 13.0 Å². The Hall–Kier alpha value is -1.87. The lowest BCUT2D eigenvalue weighted by atomic mass is 10.1. The Bertz CT molecular complexity index is 557. The second-order valence-electron chi connectivity index (χ2n) is 4.12. The summed E-state index contributed by atoms with van der Waals surface area (Å²) in [6.45, 7) is 1.90. The summed E-state index contributed by atoms with van der Waals surface area (Å²) in [5.41, 5.74) is 1.49. The van der Waals surface area contributed by atoms with Crippen LogP contribution in [0.5, 0.6) is 11.5 Å².